The summed E-state index contributed by atoms with van der Waals surface area (Å²) in [5, 5.41) is 2.96. The highest BCUT2D eigenvalue weighted by Crippen LogP contribution is 2.16. The predicted octanol–water partition coefficient (Wildman–Crippen LogP) is 0.695. The maximum Gasteiger partial charge on any atom is 0.325 e. The van der Waals surface area contributed by atoms with Gasteiger partial charge in [0.25, 0.3) is 0 Å². The second kappa shape index (κ2) is 8.01. The third-order valence-electron chi connectivity index (χ3n) is 2.75. The van der Waals surface area contributed by atoms with E-state index in [-0.39, 0.29) is 11.7 Å². The van der Waals surface area contributed by atoms with Crippen LogP contribution in [0.3, 0.4) is 0 Å². The maximum atomic E-state index is 11.5. The number of carbonyl (C=O) groups excluding carboxylic acids is 1. The number of ether oxygens (including phenoxy) is 1. The van der Waals surface area contributed by atoms with Gasteiger partial charge in [-0.3, -0.25) is 4.79 Å². The third-order valence-corrected chi connectivity index (χ3v) is 5.03. The molecule has 0 bridgehead atoms. The molecule has 5 nitrogen and oxygen atoms in total. The van der Waals surface area contributed by atoms with E-state index in [1.54, 1.807) is 25.7 Å². The summed E-state index contributed by atoms with van der Waals surface area (Å²) >= 11 is 1.59. The molecule has 0 aromatic rings. The lowest BCUT2D eigenvalue weighted by atomic mass is 9.97. The van der Waals surface area contributed by atoms with Gasteiger partial charge in [0.05, 0.1) is 12.9 Å². The Bertz CT molecular complexity index is 356. The zero-order valence-electron chi connectivity index (χ0n) is 11.5. The Morgan fingerprint density at radius 2 is 2.00 bits per heavy atom. The Morgan fingerprint density at radius 3 is 2.44 bits per heavy atom. The number of hydrogen-bond acceptors (Lipinski definition) is 6. The molecule has 0 aromatic heterocycles. The summed E-state index contributed by atoms with van der Waals surface area (Å²) in [4.78, 5) is 11.5. The summed E-state index contributed by atoms with van der Waals surface area (Å²) in [5.41, 5.74) is -0.661. The number of carbonyl (C=O) groups is 1. The van der Waals surface area contributed by atoms with Crippen molar-refractivity contribution in [3.05, 3.63) is 0 Å². The molecular formula is C11H23NO4S2. The summed E-state index contributed by atoms with van der Waals surface area (Å²) < 4.78 is 26.6. The predicted molar refractivity (Wildman–Crippen MR) is 75.8 cm³/mol. The largest absolute Gasteiger partial charge is 0.468 e. The van der Waals surface area contributed by atoms with Crippen molar-refractivity contribution in [3.63, 3.8) is 0 Å². The number of hydrogen-bond donors (Lipinski definition) is 1. The van der Waals surface area contributed by atoms with Gasteiger partial charge in [-0.15, -0.1) is 0 Å². The molecule has 0 aliphatic heterocycles. The number of likely N-dealkylation sites (N-methyl/N-ethyl adjacent to an activating group) is 1. The minimum Gasteiger partial charge on any atom is -0.468 e. The van der Waals surface area contributed by atoms with E-state index in [0.717, 1.165) is 12.2 Å². The maximum absolute atomic E-state index is 11.5. The van der Waals surface area contributed by atoms with E-state index in [4.69, 9.17) is 4.74 Å². The third kappa shape index (κ3) is 7.23. The average molecular weight is 297 g/mol. The molecule has 1 unspecified atom stereocenters. The van der Waals surface area contributed by atoms with E-state index >= 15 is 0 Å². The van der Waals surface area contributed by atoms with Gasteiger partial charge in [0.1, 0.15) is 15.4 Å². The van der Waals surface area contributed by atoms with Gasteiger partial charge in [-0.25, -0.2) is 8.42 Å². The molecule has 0 saturated carbocycles. The fourth-order valence-corrected chi connectivity index (χ4v) is 3.63. The highest BCUT2D eigenvalue weighted by molar-refractivity contribution is 8.00. The zero-order valence-corrected chi connectivity index (χ0v) is 13.1. The summed E-state index contributed by atoms with van der Waals surface area (Å²) in [6.45, 7) is 1.81. The van der Waals surface area contributed by atoms with Gasteiger partial charge in [-0.1, -0.05) is 0 Å². The SMILES string of the molecule is CNC(C)(CCCSCCS(C)(=O)=O)C(=O)OC. The average Bonchev–Trinajstić information content (AvgIpc) is 2.30. The number of sulfone groups is 1. The first-order valence-corrected chi connectivity index (χ1v) is 8.99. The van der Waals surface area contributed by atoms with Crippen molar-refractivity contribution in [1.29, 1.82) is 0 Å². The molecule has 0 fully saturated rings. The first kappa shape index (κ1) is 17.7. The van der Waals surface area contributed by atoms with Gasteiger partial charge < -0.3 is 10.1 Å². The number of methoxy groups -OCH3 is 1. The van der Waals surface area contributed by atoms with Crippen molar-refractivity contribution in [2.24, 2.45) is 0 Å². The quantitative estimate of drug-likeness (QED) is 0.499. The Labute approximate surface area is 114 Å². The minimum absolute atomic E-state index is 0.206. The molecule has 1 atom stereocenters. The van der Waals surface area contributed by atoms with Gasteiger partial charge in [0.15, 0.2) is 0 Å². The number of thioether (sulfide) groups is 1. The molecule has 0 aromatic carbocycles. The molecule has 0 radical (unpaired) electrons. The Balaban J connectivity index is 3.86. The van der Waals surface area contributed by atoms with E-state index in [1.165, 1.54) is 13.4 Å². The van der Waals surface area contributed by atoms with Crippen LogP contribution in [-0.2, 0) is 19.4 Å². The lowest BCUT2D eigenvalue weighted by Gasteiger charge is -2.25. The van der Waals surface area contributed by atoms with Crippen LogP contribution in [0.2, 0.25) is 0 Å². The normalized spacial score (nSPS) is 15.1. The molecule has 18 heavy (non-hydrogen) atoms. The van der Waals surface area contributed by atoms with E-state index in [9.17, 15) is 13.2 Å². The first-order valence-electron chi connectivity index (χ1n) is 5.78. The van der Waals surface area contributed by atoms with E-state index in [0.29, 0.717) is 12.2 Å². The summed E-state index contributed by atoms with van der Waals surface area (Å²) in [7, 11) is 0.235. The van der Waals surface area contributed by atoms with Crippen molar-refractivity contribution in [2.45, 2.75) is 25.3 Å². The molecule has 0 amide bonds. The minimum atomic E-state index is -2.87. The number of esters is 1. The standard InChI is InChI=1S/C11H23NO4S2/c1-11(12-2,10(13)16-3)6-5-7-17-8-9-18(4,14)15/h12H,5-9H2,1-4H3. The molecule has 0 aliphatic rings. The zero-order chi connectivity index (χ0) is 14.2. The fraction of sp³-hybridized carbons (Fsp3) is 0.909. The molecular weight excluding hydrogens is 274 g/mol. The number of nitrogens with one attached hydrogen (secondary N) is 1. The summed E-state index contributed by atoms with van der Waals surface area (Å²) in [5.74, 6) is 1.38. The lowest BCUT2D eigenvalue weighted by Crippen LogP contribution is -2.48. The van der Waals surface area contributed by atoms with Crippen molar-refractivity contribution < 1.29 is 17.9 Å². The van der Waals surface area contributed by atoms with Gasteiger partial charge in [-0.2, -0.15) is 11.8 Å². The van der Waals surface area contributed by atoms with Gasteiger partial charge >= 0.3 is 5.97 Å². The Hall–Kier alpha value is -0.270. The van der Waals surface area contributed by atoms with Crippen LogP contribution in [0.1, 0.15) is 19.8 Å². The van der Waals surface area contributed by atoms with Crippen molar-refractivity contribution >= 4 is 27.6 Å². The summed E-state index contributed by atoms with van der Waals surface area (Å²) in [6.07, 6.45) is 2.74. The van der Waals surface area contributed by atoms with Crippen LogP contribution in [0.15, 0.2) is 0 Å². The second-order valence-electron chi connectivity index (χ2n) is 4.42. The number of rotatable bonds is 9. The molecule has 7 heteroatoms. The highest BCUT2D eigenvalue weighted by Gasteiger charge is 2.31. The van der Waals surface area contributed by atoms with E-state index < -0.39 is 15.4 Å². The molecule has 0 rings (SSSR count). The van der Waals surface area contributed by atoms with Crippen LogP contribution in [0.4, 0.5) is 0 Å². The Morgan fingerprint density at radius 1 is 1.39 bits per heavy atom. The smallest absolute Gasteiger partial charge is 0.325 e. The van der Waals surface area contributed by atoms with Crippen molar-refractivity contribution in [3.8, 4) is 0 Å². The van der Waals surface area contributed by atoms with Crippen molar-refractivity contribution in [2.75, 3.05) is 37.7 Å². The molecule has 0 spiro atoms. The Kier molecular flexibility index (Phi) is 7.89. The molecule has 0 heterocycles. The van der Waals surface area contributed by atoms with Crippen LogP contribution >= 0.6 is 11.8 Å². The van der Waals surface area contributed by atoms with Crippen LogP contribution in [-0.4, -0.2) is 57.6 Å². The molecule has 0 aliphatic carbocycles. The lowest BCUT2D eigenvalue weighted by molar-refractivity contribution is -0.148. The molecule has 0 saturated heterocycles. The van der Waals surface area contributed by atoms with Crippen LogP contribution < -0.4 is 5.32 Å². The van der Waals surface area contributed by atoms with Gasteiger partial charge in [0.2, 0.25) is 0 Å². The fourth-order valence-electron chi connectivity index (χ4n) is 1.39. The van der Waals surface area contributed by atoms with Crippen LogP contribution in [0, 0.1) is 0 Å². The monoisotopic (exact) mass is 297 g/mol. The highest BCUT2D eigenvalue weighted by atomic mass is 32.2. The molecule has 1 N–H and O–H groups in total. The molecule has 108 valence electrons. The van der Waals surface area contributed by atoms with Gasteiger partial charge in [0, 0.05) is 12.0 Å². The van der Waals surface area contributed by atoms with Crippen LogP contribution in [0.5, 0.6) is 0 Å². The first-order chi connectivity index (χ1) is 8.25. The van der Waals surface area contributed by atoms with E-state index in [2.05, 4.69) is 5.32 Å². The summed E-state index contributed by atoms with van der Waals surface area (Å²) in [6, 6.07) is 0. The second-order valence-corrected chi connectivity index (χ2v) is 7.90. The van der Waals surface area contributed by atoms with E-state index in [1.807, 2.05) is 0 Å². The topological polar surface area (TPSA) is 72.5 Å². The van der Waals surface area contributed by atoms with Crippen molar-refractivity contribution in [1.82, 2.24) is 5.32 Å². The van der Waals surface area contributed by atoms with Gasteiger partial charge in [-0.05, 0) is 32.6 Å². The van der Waals surface area contributed by atoms with Crippen LogP contribution in [0.25, 0.3) is 0 Å².